The second-order valence-electron chi connectivity index (χ2n) is 4.51. The standard InChI is InChI=1S/C15H15BrClN/c1-9-3-6-12(13(16)7-9)15(18)11-5-4-10(2)14(17)8-11/h3-8,15H,18H2,1-2H3. The maximum absolute atomic E-state index is 6.30. The minimum absolute atomic E-state index is 0.168. The number of nitrogens with two attached hydrogens (primary N) is 1. The zero-order valence-corrected chi connectivity index (χ0v) is 12.7. The maximum atomic E-state index is 6.30. The fourth-order valence-electron chi connectivity index (χ4n) is 1.87. The van der Waals surface area contributed by atoms with Crippen LogP contribution in [0.25, 0.3) is 0 Å². The van der Waals surface area contributed by atoms with Crippen molar-refractivity contribution in [2.24, 2.45) is 5.73 Å². The molecule has 1 unspecified atom stereocenters. The van der Waals surface area contributed by atoms with E-state index in [2.05, 4.69) is 41.1 Å². The van der Waals surface area contributed by atoms with Gasteiger partial charge in [-0.25, -0.2) is 0 Å². The molecule has 0 spiro atoms. The summed E-state index contributed by atoms with van der Waals surface area (Å²) >= 11 is 9.71. The van der Waals surface area contributed by atoms with Gasteiger partial charge in [0, 0.05) is 9.50 Å². The van der Waals surface area contributed by atoms with Crippen LogP contribution in [0.15, 0.2) is 40.9 Å². The summed E-state index contributed by atoms with van der Waals surface area (Å²) in [5.74, 6) is 0. The van der Waals surface area contributed by atoms with Gasteiger partial charge in [-0.3, -0.25) is 0 Å². The van der Waals surface area contributed by atoms with Crippen molar-refractivity contribution in [2.45, 2.75) is 19.9 Å². The highest BCUT2D eigenvalue weighted by Gasteiger charge is 2.13. The molecule has 2 rings (SSSR count). The minimum Gasteiger partial charge on any atom is -0.320 e. The van der Waals surface area contributed by atoms with Gasteiger partial charge in [-0.2, -0.15) is 0 Å². The summed E-state index contributed by atoms with van der Waals surface area (Å²) in [4.78, 5) is 0. The quantitative estimate of drug-likeness (QED) is 0.846. The van der Waals surface area contributed by atoms with E-state index in [1.807, 2.05) is 25.1 Å². The lowest BCUT2D eigenvalue weighted by Crippen LogP contribution is -2.12. The van der Waals surface area contributed by atoms with Crippen LogP contribution in [0, 0.1) is 13.8 Å². The molecule has 2 aromatic carbocycles. The van der Waals surface area contributed by atoms with Gasteiger partial charge in [0.15, 0.2) is 0 Å². The van der Waals surface area contributed by atoms with Crippen LogP contribution in [-0.2, 0) is 0 Å². The van der Waals surface area contributed by atoms with Gasteiger partial charge in [-0.1, -0.05) is 51.8 Å². The zero-order valence-electron chi connectivity index (χ0n) is 10.4. The normalized spacial score (nSPS) is 12.5. The second-order valence-corrected chi connectivity index (χ2v) is 5.77. The van der Waals surface area contributed by atoms with Crippen LogP contribution in [-0.4, -0.2) is 0 Å². The number of aryl methyl sites for hydroxylation is 2. The molecule has 0 aliphatic rings. The van der Waals surface area contributed by atoms with Gasteiger partial charge in [0.2, 0.25) is 0 Å². The van der Waals surface area contributed by atoms with Crippen molar-refractivity contribution in [2.75, 3.05) is 0 Å². The highest BCUT2D eigenvalue weighted by Crippen LogP contribution is 2.29. The van der Waals surface area contributed by atoms with Gasteiger partial charge in [-0.05, 0) is 48.2 Å². The number of hydrogen-bond acceptors (Lipinski definition) is 1. The fourth-order valence-corrected chi connectivity index (χ4v) is 2.80. The first-order chi connectivity index (χ1) is 8.49. The van der Waals surface area contributed by atoms with E-state index in [4.69, 9.17) is 17.3 Å². The smallest absolute Gasteiger partial charge is 0.0563 e. The summed E-state index contributed by atoms with van der Waals surface area (Å²) in [6.07, 6.45) is 0. The number of hydrogen-bond donors (Lipinski definition) is 1. The van der Waals surface area contributed by atoms with Gasteiger partial charge in [-0.15, -0.1) is 0 Å². The molecular formula is C15H15BrClN. The summed E-state index contributed by atoms with van der Waals surface area (Å²) in [5.41, 5.74) is 10.7. The molecule has 3 heteroatoms. The van der Waals surface area contributed by atoms with Crippen LogP contribution in [0.2, 0.25) is 5.02 Å². The summed E-state index contributed by atoms with van der Waals surface area (Å²) in [6.45, 7) is 4.04. The van der Waals surface area contributed by atoms with Crippen molar-refractivity contribution < 1.29 is 0 Å². The van der Waals surface area contributed by atoms with Crippen LogP contribution in [0.5, 0.6) is 0 Å². The van der Waals surface area contributed by atoms with Crippen molar-refractivity contribution in [3.05, 3.63) is 68.1 Å². The average Bonchev–Trinajstić information content (AvgIpc) is 2.32. The monoisotopic (exact) mass is 323 g/mol. The Bertz CT molecular complexity index is 581. The van der Waals surface area contributed by atoms with Gasteiger partial charge in [0.1, 0.15) is 0 Å². The Labute approximate surface area is 121 Å². The fraction of sp³-hybridized carbons (Fsp3) is 0.200. The van der Waals surface area contributed by atoms with Gasteiger partial charge in [0.05, 0.1) is 6.04 Å². The Morgan fingerprint density at radius 1 is 1.11 bits per heavy atom. The van der Waals surface area contributed by atoms with Crippen LogP contribution in [0.3, 0.4) is 0 Å². The molecule has 0 fully saturated rings. The van der Waals surface area contributed by atoms with Crippen molar-refractivity contribution in [3.63, 3.8) is 0 Å². The van der Waals surface area contributed by atoms with Crippen LogP contribution < -0.4 is 5.73 Å². The molecular weight excluding hydrogens is 310 g/mol. The summed E-state index contributed by atoms with van der Waals surface area (Å²) in [6, 6.07) is 12.0. The molecule has 0 bridgehead atoms. The lowest BCUT2D eigenvalue weighted by atomic mass is 9.98. The molecule has 0 aliphatic heterocycles. The van der Waals surface area contributed by atoms with E-state index in [0.29, 0.717) is 0 Å². The number of halogens is 2. The molecule has 94 valence electrons. The molecule has 0 amide bonds. The summed E-state index contributed by atoms with van der Waals surface area (Å²) in [5, 5.41) is 0.756. The third-order valence-electron chi connectivity index (χ3n) is 3.05. The predicted octanol–water partition coefficient (Wildman–Crippen LogP) is 4.77. The van der Waals surface area contributed by atoms with Crippen molar-refractivity contribution >= 4 is 27.5 Å². The maximum Gasteiger partial charge on any atom is 0.0563 e. The van der Waals surface area contributed by atoms with E-state index >= 15 is 0 Å². The number of rotatable bonds is 2. The van der Waals surface area contributed by atoms with Crippen molar-refractivity contribution in [1.82, 2.24) is 0 Å². The topological polar surface area (TPSA) is 26.0 Å². The van der Waals surface area contributed by atoms with E-state index in [9.17, 15) is 0 Å². The Morgan fingerprint density at radius 2 is 1.83 bits per heavy atom. The minimum atomic E-state index is -0.168. The van der Waals surface area contributed by atoms with Crippen molar-refractivity contribution in [3.8, 4) is 0 Å². The third-order valence-corrected chi connectivity index (χ3v) is 4.14. The molecule has 1 nitrogen and oxygen atoms in total. The molecule has 2 aromatic rings. The van der Waals surface area contributed by atoms with Gasteiger partial charge < -0.3 is 5.73 Å². The third kappa shape index (κ3) is 2.77. The molecule has 0 aromatic heterocycles. The van der Waals surface area contributed by atoms with Gasteiger partial charge in [0.25, 0.3) is 0 Å². The molecule has 0 heterocycles. The number of benzene rings is 2. The first-order valence-electron chi connectivity index (χ1n) is 5.76. The predicted molar refractivity (Wildman–Crippen MR) is 81.1 cm³/mol. The van der Waals surface area contributed by atoms with Crippen molar-refractivity contribution in [1.29, 1.82) is 0 Å². The van der Waals surface area contributed by atoms with Crippen LogP contribution >= 0.6 is 27.5 Å². The van der Waals surface area contributed by atoms with E-state index in [-0.39, 0.29) is 6.04 Å². The highest BCUT2D eigenvalue weighted by molar-refractivity contribution is 9.10. The Hall–Kier alpha value is -0.830. The largest absolute Gasteiger partial charge is 0.320 e. The Balaban J connectivity index is 2.41. The van der Waals surface area contributed by atoms with E-state index < -0.39 is 0 Å². The molecule has 0 aliphatic carbocycles. The van der Waals surface area contributed by atoms with Gasteiger partial charge >= 0.3 is 0 Å². The molecule has 0 saturated carbocycles. The van der Waals surface area contributed by atoms with Crippen LogP contribution in [0.1, 0.15) is 28.3 Å². The Kier molecular flexibility index (Phi) is 4.10. The lowest BCUT2D eigenvalue weighted by Gasteiger charge is -2.15. The molecule has 0 radical (unpaired) electrons. The zero-order chi connectivity index (χ0) is 13.3. The first kappa shape index (κ1) is 13.6. The van der Waals surface area contributed by atoms with E-state index in [1.54, 1.807) is 0 Å². The lowest BCUT2D eigenvalue weighted by molar-refractivity contribution is 0.864. The molecule has 2 N–H and O–H groups in total. The van der Waals surface area contributed by atoms with Crippen LogP contribution in [0.4, 0.5) is 0 Å². The molecule has 18 heavy (non-hydrogen) atoms. The summed E-state index contributed by atoms with van der Waals surface area (Å²) in [7, 11) is 0. The SMILES string of the molecule is Cc1ccc(C(N)c2ccc(C)c(Cl)c2)c(Br)c1. The average molecular weight is 325 g/mol. The summed E-state index contributed by atoms with van der Waals surface area (Å²) < 4.78 is 1.03. The Morgan fingerprint density at radius 3 is 2.44 bits per heavy atom. The first-order valence-corrected chi connectivity index (χ1v) is 6.94. The van der Waals surface area contributed by atoms with E-state index in [1.165, 1.54) is 5.56 Å². The molecule has 0 saturated heterocycles. The second kappa shape index (κ2) is 5.43. The van der Waals surface area contributed by atoms with E-state index in [0.717, 1.165) is 26.2 Å². The highest BCUT2D eigenvalue weighted by atomic mass is 79.9. The molecule has 1 atom stereocenters.